The van der Waals surface area contributed by atoms with Gasteiger partial charge in [0.2, 0.25) is 5.91 Å². The first-order valence-corrected chi connectivity index (χ1v) is 9.17. The predicted molar refractivity (Wildman–Crippen MR) is 97.6 cm³/mol. The van der Waals surface area contributed by atoms with Crippen molar-refractivity contribution in [3.05, 3.63) is 48.0 Å². The lowest BCUT2D eigenvalue weighted by Crippen LogP contribution is -2.42. The second-order valence-electron chi connectivity index (χ2n) is 6.65. The number of hydrogen-bond acceptors (Lipinski definition) is 3. The van der Waals surface area contributed by atoms with Gasteiger partial charge in [0.05, 0.1) is 0 Å². The van der Waals surface area contributed by atoms with E-state index in [1.54, 1.807) is 6.20 Å². The first-order chi connectivity index (χ1) is 12.2. The molecule has 1 aliphatic rings. The molecule has 0 atom stereocenters. The highest BCUT2D eigenvalue weighted by molar-refractivity contribution is 5.76. The Hall–Kier alpha value is -2.30. The molecule has 1 aromatic heterocycles. The molecule has 5 nitrogen and oxygen atoms in total. The van der Waals surface area contributed by atoms with Crippen molar-refractivity contribution in [2.45, 2.75) is 52.2 Å². The van der Waals surface area contributed by atoms with E-state index >= 15 is 0 Å². The van der Waals surface area contributed by atoms with Gasteiger partial charge in [0.1, 0.15) is 17.7 Å². The van der Waals surface area contributed by atoms with E-state index in [1.165, 1.54) is 5.56 Å². The third-order valence-electron chi connectivity index (χ3n) is 4.77. The topological polar surface area (TPSA) is 47.4 Å². The number of carbonyl (C=O) groups is 1. The van der Waals surface area contributed by atoms with Crippen LogP contribution in [0.2, 0.25) is 0 Å². The van der Waals surface area contributed by atoms with E-state index < -0.39 is 0 Å². The third kappa shape index (κ3) is 4.62. The highest BCUT2D eigenvalue weighted by Gasteiger charge is 2.23. The molecule has 25 heavy (non-hydrogen) atoms. The lowest BCUT2D eigenvalue weighted by molar-refractivity contribution is -0.133. The average molecular weight is 341 g/mol. The van der Waals surface area contributed by atoms with Gasteiger partial charge in [0, 0.05) is 57.7 Å². The molecule has 1 amide bonds. The van der Waals surface area contributed by atoms with Crippen LogP contribution in [0.1, 0.15) is 37.6 Å². The van der Waals surface area contributed by atoms with Crippen molar-refractivity contribution in [1.29, 1.82) is 0 Å². The molecule has 0 bridgehead atoms. The zero-order chi connectivity index (χ0) is 17.6. The second kappa shape index (κ2) is 8.19. The lowest BCUT2D eigenvalue weighted by Gasteiger charge is -2.32. The second-order valence-corrected chi connectivity index (χ2v) is 6.65. The Labute approximate surface area is 149 Å². The summed E-state index contributed by atoms with van der Waals surface area (Å²) in [6, 6.07) is 8.15. The van der Waals surface area contributed by atoms with Crippen molar-refractivity contribution in [1.82, 2.24) is 14.5 Å². The molecule has 2 heterocycles. The van der Waals surface area contributed by atoms with Crippen LogP contribution in [0.5, 0.6) is 5.75 Å². The van der Waals surface area contributed by atoms with Gasteiger partial charge in [-0.3, -0.25) is 4.79 Å². The van der Waals surface area contributed by atoms with Crippen molar-refractivity contribution in [3.63, 3.8) is 0 Å². The number of aryl methyl sites for hydroxylation is 3. The molecule has 2 aromatic rings. The number of aromatic nitrogens is 2. The molecular formula is C20H27N3O2. The van der Waals surface area contributed by atoms with Gasteiger partial charge in [-0.05, 0) is 24.6 Å². The molecule has 1 aromatic carbocycles. The summed E-state index contributed by atoms with van der Waals surface area (Å²) in [6.45, 7) is 6.42. The van der Waals surface area contributed by atoms with Crippen LogP contribution >= 0.6 is 0 Å². The maximum atomic E-state index is 12.5. The summed E-state index contributed by atoms with van der Waals surface area (Å²) >= 11 is 0. The van der Waals surface area contributed by atoms with E-state index in [-0.39, 0.29) is 12.0 Å². The van der Waals surface area contributed by atoms with Gasteiger partial charge >= 0.3 is 0 Å². The fourth-order valence-electron chi connectivity index (χ4n) is 3.34. The molecule has 0 aliphatic carbocycles. The van der Waals surface area contributed by atoms with Gasteiger partial charge < -0.3 is 14.2 Å². The number of likely N-dealkylation sites (tertiary alicyclic amines) is 1. The Bertz CT molecular complexity index is 702. The quantitative estimate of drug-likeness (QED) is 0.810. The molecule has 1 saturated heterocycles. The van der Waals surface area contributed by atoms with Crippen LogP contribution in [0, 0.1) is 6.92 Å². The summed E-state index contributed by atoms with van der Waals surface area (Å²) in [5.41, 5.74) is 1.20. The fourth-order valence-corrected chi connectivity index (χ4v) is 3.34. The summed E-state index contributed by atoms with van der Waals surface area (Å²) in [7, 11) is 0. The summed E-state index contributed by atoms with van der Waals surface area (Å²) in [6.07, 6.45) is 7.17. The molecule has 5 heteroatoms. The zero-order valence-corrected chi connectivity index (χ0v) is 15.1. The largest absolute Gasteiger partial charge is 0.490 e. The van der Waals surface area contributed by atoms with Crippen LogP contribution in [0.4, 0.5) is 0 Å². The van der Waals surface area contributed by atoms with Crippen molar-refractivity contribution in [3.8, 4) is 5.75 Å². The Morgan fingerprint density at radius 3 is 2.84 bits per heavy atom. The number of rotatable bonds is 6. The number of piperidine rings is 1. The SMILES string of the molecule is CCc1nccn1CCC(=O)N1CCC(Oc2cccc(C)c2)CC1. The molecule has 134 valence electrons. The minimum absolute atomic E-state index is 0.200. The number of nitrogens with zero attached hydrogens (tertiary/aromatic N) is 3. The van der Waals surface area contributed by atoms with E-state index in [0.29, 0.717) is 13.0 Å². The molecule has 0 radical (unpaired) electrons. The van der Waals surface area contributed by atoms with Crippen LogP contribution < -0.4 is 4.74 Å². The van der Waals surface area contributed by atoms with Crippen molar-refractivity contribution in [2.75, 3.05) is 13.1 Å². The average Bonchev–Trinajstić information content (AvgIpc) is 3.08. The smallest absolute Gasteiger partial charge is 0.224 e. The van der Waals surface area contributed by atoms with Crippen molar-refractivity contribution in [2.24, 2.45) is 0 Å². The maximum Gasteiger partial charge on any atom is 0.224 e. The van der Waals surface area contributed by atoms with E-state index in [9.17, 15) is 4.79 Å². The standard InChI is InChI=1S/C20H27N3O2/c1-3-19-21-10-14-22(19)13-9-20(24)23-11-7-17(8-12-23)25-18-6-4-5-16(2)15-18/h4-6,10,14-15,17H,3,7-9,11-13H2,1-2H3. The van der Waals surface area contributed by atoms with Gasteiger partial charge in [-0.15, -0.1) is 0 Å². The van der Waals surface area contributed by atoms with Crippen LogP contribution in [-0.4, -0.2) is 39.6 Å². The van der Waals surface area contributed by atoms with Gasteiger partial charge in [-0.1, -0.05) is 19.1 Å². The number of hydrogen-bond donors (Lipinski definition) is 0. The summed E-state index contributed by atoms with van der Waals surface area (Å²) in [4.78, 5) is 18.7. The molecular weight excluding hydrogens is 314 g/mol. The fraction of sp³-hybridized carbons (Fsp3) is 0.500. The molecule has 1 fully saturated rings. The Morgan fingerprint density at radius 2 is 2.12 bits per heavy atom. The summed E-state index contributed by atoms with van der Waals surface area (Å²) < 4.78 is 8.14. The number of amides is 1. The number of imidazole rings is 1. The van der Waals surface area contributed by atoms with Crippen LogP contribution in [0.25, 0.3) is 0 Å². The van der Waals surface area contributed by atoms with Gasteiger partial charge in [0.25, 0.3) is 0 Å². The minimum atomic E-state index is 0.200. The molecule has 0 spiro atoms. The Kier molecular flexibility index (Phi) is 5.74. The van der Waals surface area contributed by atoms with Gasteiger partial charge in [-0.2, -0.15) is 0 Å². The van der Waals surface area contributed by atoms with Crippen molar-refractivity contribution >= 4 is 5.91 Å². The molecule has 1 aliphatic heterocycles. The zero-order valence-electron chi connectivity index (χ0n) is 15.1. The highest BCUT2D eigenvalue weighted by atomic mass is 16.5. The summed E-state index contributed by atoms with van der Waals surface area (Å²) in [5.74, 6) is 2.19. The van der Waals surface area contributed by atoms with E-state index in [4.69, 9.17) is 4.74 Å². The van der Waals surface area contributed by atoms with Crippen LogP contribution in [0.15, 0.2) is 36.7 Å². The Balaban J connectivity index is 1.44. The molecule has 0 N–H and O–H groups in total. The third-order valence-corrected chi connectivity index (χ3v) is 4.77. The van der Waals surface area contributed by atoms with Crippen molar-refractivity contribution < 1.29 is 9.53 Å². The number of ether oxygens (including phenoxy) is 1. The normalized spacial score (nSPS) is 15.4. The van der Waals surface area contributed by atoms with Crippen LogP contribution in [0.3, 0.4) is 0 Å². The van der Waals surface area contributed by atoms with E-state index in [0.717, 1.165) is 43.9 Å². The summed E-state index contributed by atoms with van der Waals surface area (Å²) in [5, 5.41) is 0. The first kappa shape index (κ1) is 17.5. The molecule has 0 unspecified atom stereocenters. The highest BCUT2D eigenvalue weighted by Crippen LogP contribution is 2.20. The van der Waals surface area contributed by atoms with E-state index in [2.05, 4.69) is 35.5 Å². The number of benzene rings is 1. The Morgan fingerprint density at radius 1 is 1.32 bits per heavy atom. The monoisotopic (exact) mass is 341 g/mol. The first-order valence-electron chi connectivity index (χ1n) is 9.17. The predicted octanol–water partition coefficient (Wildman–Crippen LogP) is 3.21. The molecule has 0 saturated carbocycles. The van der Waals surface area contributed by atoms with Gasteiger partial charge in [-0.25, -0.2) is 4.98 Å². The number of carbonyl (C=O) groups excluding carboxylic acids is 1. The van der Waals surface area contributed by atoms with Crippen LogP contribution in [-0.2, 0) is 17.8 Å². The molecule has 3 rings (SSSR count). The lowest BCUT2D eigenvalue weighted by atomic mass is 10.1. The minimum Gasteiger partial charge on any atom is -0.490 e. The maximum absolute atomic E-state index is 12.5. The van der Waals surface area contributed by atoms with E-state index in [1.807, 2.05) is 23.2 Å². The van der Waals surface area contributed by atoms with Gasteiger partial charge in [0.15, 0.2) is 0 Å².